The van der Waals surface area contributed by atoms with Gasteiger partial charge in [0.05, 0.1) is 16.7 Å². The summed E-state index contributed by atoms with van der Waals surface area (Å²) in [5.74, 6) is 0. The van der Waals surface area contributed by atoms with Crippen LogP contribution < -0.4 is 4.90 Å². The van der Waals surface area contributed by atoms with E-state index in [1.807, 2.05) is 0 Å². The van der Waals surface area contributed by atoms with Crippen LogP contribution in [0.15, 0.2) is 231 Å². The summed E-state index contributed by atoms with van der Waals surface area (Å²) in [5.41, 5.74) is 24.5. The summed E-state index contributed by atoms with van der Waals surface area (Å²) in [4.78, 5) is 2.42. The number of aromatic nitrogens is 1. The highest BCUT2D eigenvalue weighted by Crippen LogP contribution is 2.53. The molecule has 0 radical (unpaired) electrons. The summed E-state index contributed by atoms with van der Waals surface area (Å²) in [6, 6.07) is 85.2. The first-order valence-electron chi connectivity index (χ1n) is 22.7. The molecule has 11 aromatic rings. The number of fused-ring (bicyclic) bond motifs is 11. The van der Waals surface area contributed by atoms with Crippen molar-refractivity contribution in [2.24, 2.45) is 0 Å². The van der Waals surface area contributed by atoms with Gasteiger partial charge < -0.3 is 9.47 Å². The third-order valence-corrected chi connectivity index (χ3v) is 14.1. The van der Waals surface area contributed by atoms with E-state index in [1.165, 1.54) is 105 Å². The molecule has 0 saturated heterocycles. The van der Waals surface area contributed by atoms with E-state index in [2.05, 4.69) is 254 Å². The molecule has 0 atom stereocenters. The van der Waals surface area contributed by atoms with Gasteiger partial charge in [-0.1, -0.05) is 178 Å². The van der Waals surface area contributed by atoms with Crippen LogP contribution in [-0.2, 0) is 5.41 Å². The van der Waals surface area contributed by atoms with Crippen molar-refractivity contribution < 1.29 is 0 Å². The van der Waals surface area contributed by atoms with Gasteiger partial charge in [0.1, 0.15) is 0 Å². The van der Waals surface area contributed by atoms with Crippen molar-refractivity contribution in [1.29, 1.82) is 0 Å². The summed E-state index contributed by atoms with van der Waals surface area (Å²) >= 11 is 0. The van der Waals surface area contributed by atoms with E-state index < -0.39 is 0 Å². The molecule has 2 aliphatic rings. The maximum atomic E-state index is 2.50. The SMILES string of the molecule is CC1(C)c2cc(-c3cc4c5c(c3)c3ccccc3n5-c3ccccc3-c3ccccc3-4)ccc2-c2ccc(N(c3ccc(-c4ccccc4)cc3)c3cccc(-c4ccccc4)c3)cc21. The molecule has 0 unspecified atom stereocenters. The summed E-state index contributed by atoms with van der Waals surface area (Å²) in [5, 5.41) is 2.55. The first kappa shape index (κ1) is 37.4. The molecule has 65 heavy (non-hydrogen) atoms. The molecule has 0 fully saturated rings. The molecule has 306 valence electrons. The highest BCUT2D eigenvalue weighted by molar-refractivity contribution is 6.17. The molecule has 2 heterocycles. The fraction of sp³-hybridized carbons (Fsp3) is 0.0476. The van der Waals surface area contributed by atoms with Crippen LogP contribution in [0.25, 0.3) is 94.3 Å². The minimum atomic E-state index is -0.245. The molecule has 0 N–H and O–H groups in total. The van der Waals surface area contributed by atoms with E-state index in [9.17, 15) is 0 Å². The number of hydrogen-bond donors (Lipinski definition) is 0. The molecule has 0 bridgehead atoms. The van der Waals surface area contributed by atoms with E-state index >= 15 is 0 Å². The van der Waals surface area contributed by atoms with Crippen LogP contribution in [0, 0.1) is 0 Å². The average Bonchev–Trinajstić information content (AvgIpc) is 3.77. The predicted molar refractivity (Wildman–Crippen MR) is 274 cm³/mol. The van der Waals surface area contributed by atoms with Gasteiger partial charge in [0.15, 0.2) is 0 Å². The standard InChI is InChI=1S/C63H44N2/c1-63(2)58-39-45(46-37-56-51-23-10-9-22-50(51)54-24-11-13-26-60(54)65-61-27-14-12-25-55(61)57(38-46)62(56)65)30-34-52(58)53-35-33-49(40-59(53)63)64(47-31-28-43(29-32-47)41-16-5-3-6-17-41)48-21-15-20-44(36-48)42-18-7-4-8-19-42/h3-40H,1-2H3. The normalized spacial score (nSPS) is 12.9. The first-order chi connectivity index (χ1) is 32.0. The molecule has 13 rings (SSSR count). The van der Waals surface area contributed by atoms with Crippen LogP contribution in [0.3, 0.4) is 0 Å². The van der Waals surface area contributed by atoms with Gasteiger partial charge in [-0.25, -0.2) is 0 Å². The zero-order valence-electron chi connectivity index (χ0n) is 36.3. The van der Waals surface area contributed by atoms with E-state index in [0.29, 0.717) is 0 Å². The lowest BCUT2D eigenvalue weighted by Crippen LogP contribution is -2.16. The van der Waals surface area contributed by atoms with Crippen LogP contribution in [0.1, 0.15) is 25.0 Å². The van der Waals surface area contributed by atoms with Crippen LogP contribution >= 0.6 is 0 Å². The third-order valence-electron chi connectivity index (χ3n) is 14.1. The van der Waals surface area contributed by atoms with Crippen molar-refractivity contribution in [3.8, 4) is 72.4 Å². The number of benzene rings is 10. The van der Waals surface area contributed by atoms with Gasteiger partial charge in [-0.3, -0.25) is 0 Å². The highest BCUT2D eigenvalue weighted by Gasteiger charge is 2.37. The van der Waals surface area contributed by atoms with E-state index in [0.717, 1.165) is 17.1 Å². The average molecular weight is 829 g/mol. The molecule has 0 spiro atoms. The topological polar surface area (TPSA) is 8.17 Å². The second-order valence-electron chi connectivity index (χ2n) is 18.1. The van der Waals surface area contributed by atoms with Gasteiger partial charge in [0.2, 0.25) is 0 Å². The molecule has 2 heteroatoms. The second kappa shape index (κ2) is 14.4. The van der Waals surface area contributed by atoms with Crippen LogP contribution in [0.4, 0.5) is 17.1 Å². The van der Waals surface area contributed by atoms with Crippen molar-refractivity contribution in [3.05, 3.63) is 242 Å². The fourth-order valence-corrected chi connectivity index (χ4v) is 10.9. The number of anilines is 3. The Morgan fingerprint density at radius 3 is 1.63 bits per heavy atom. The molecule has 0 saturated carbocycles. The Morgan fingerprint density at radius 1 is 0.323 bits per heavy atom. The van der Waals surface area contributed by atoms with E-state index in [-0.39, 0.29) is 5.41 Å². The fourth-order valence-electron chi connectivity index (χ4n) is 10.9. The molecule has 1 aliphatic heterocycles. The second-order valence-corrected chi connectivity index (χ2v) is 18.1. The molecule has 1 aromatic heterocycles. The Kier molecular flexibility index (Phi) is 8.29. The molecule has 0 amide bonds. The summed E-state index contributed by atoms with van der Waals surface area (Å²) in [6.45, 7) is 4.80. The Morgan fingerprint density at radius 2 is 0.862 bits per heavy atom. The lowest BCUT2D eigenvalue weighted by molar-refractivity contribution is 0.660. The van der Waals surface area contributed by atoms with Gasteiger partial charge in [0.25, 0.3) is 0 Å². The van der Waals surface area contributed by atoms with Crippen LogP contribution in [0.5, 0.6) is 0 Å². The predicted octanol–water partition coefficient (Wildman–Crippen LogP) is 17.2. The summed E-state index contributed by atoms with van der Waals surface area (Å²) in [6.07, 6.45) is 0. The first-order valence-corrected chi connectivity index (χ1v) is 22.7. The van der Waals surface area contributed by atoms with Crippen molar-refractivity contribution in [2.45, 2.75) is 19.3 Å². The monoisotopic (exact) mass is 828 g/mol. The van der Waals surface area contributed by atoms with E-state index in [1.54, 1.807) is 0 Å². The van der Waals surface area contributed by atoms with Gasteiger partial charge >= 0.3 is 0 Å². The Hall–Kier alpha value is -8.20. The van der Waals surface area contributed by atoms with E-state index in [4.69, 9.17) is 0 Å². The smallest absolute Gasteiger partial charge is 0.0620 e. The van der Waals surface area contributed by atoms with Crippen molar-refractivity contribution in [2.75, 3.05) is 4.90 Å². The van der Waals surface area contributed by atoms with Gasteiger partial charge in [-0.15, -0.1) is 0 Å². The molecular weight excluding hydrogens is 785 g/mol. The van der Waals surface area contributed by atoms with Crippen molar-refractivity contribution in [1.82, 2.24) is 4.57 Å². The maximum Gasteiger partial charge on any atom is 0.0620 e. The minimum Gasteiger partial charge on any atom is -0.310 e. The van der Waals surface area contributed by atoms with Gasteiger partial charge in [-0.05, 0) is 133 Å². The third kappa shape index (κ3) is 5.81. The number of rotatable bonds is 6. The zero-order valence-corrected chi connectivity index (χ0v) is 36.3. The van der Waals surface area contributed by atoms with Crippen molar-refractivity contribution in [3.63, 3.8) is 0 Å². The Labute approximate surface area is 380 Å². The van der Waals surface area contributed by atoms with Crippen LogP contribution in [-0.4, -0.2) is 4.57 Å². The molecular formula is C63H44N2. The summed E-state index contributed by atoms with van der Waals surface area (Å²) < 4.78 is 2.50. The Bertz CT molecular complexity index is 3670. The molecule has 1 aliphatic carbocycles. The van der Waals surface area contributed by atoms with Crippen LogP contribution in [0.2, 0.25) is 0 Å². The Balaban J connectivity index is 0.942. The number of hydrogen-bond acceptors (Lipinski definition) is 1. The molecule has 2 nitrogen and oxygen atoms in total. The highest BCUT2D eigenvalue weighted by atomic mass is 15.1. The minimum absolute atomic E-state index is 0.245. The lowest BCUT2D eigenvalue weighted by atomic mass is 9.81. The maximum absolute atomic E-state index is 2.50. The number of para-hydroxylation sites is 2. The van der Waals surface area contributed by atoms with Crippen molar-refractivity contribution >= 4 is 38.9 Å². The zero-order chi connectivity index (χ0) is 43.2. The summed E-state index contributed by atoms with van der Waals surface area (Å²) in [7, 11) is 0. The lowest BCUT2D eigenvalue weighted by Gasteiger charge is -2.28. The molecule has 10 aromatic carbocycles. The van der Waals surface area contributed by atoms with Gasteiger partial charge in [-0.2, -0.15) is 0 Å². The van der Waals surface area contributed by atoms with Gasteiger partial charge in [0, 0.05) is 44.4 Å². The number of nitrogens with zero attached hydrogens (tertiary/aromatic N) is 2. The largest absolute Gasteiger partial charge is 0.310 e. The quantitative estimate of drug-likeness (QED) is 0.162.